The normalized spacial score (nSPS) is 12.2. The lowest BCUT2D eigenvalue weighted by Crippen LogP contribution is -2.19. The van der Waals surface area contributed by atoms with Gasteiger partial charge in [-0.25, -0.2) is 18.1 Å². The lowest BCUT2D eigenvalue weighted by Gasteiger charge is -2.02. The molecular weight excluding hydrogens is 201 g/mol. The van der Waals surface area contributed by atoms with Crippen LogP contribution in [0.25, 0.3) is 0 Å². The van der Waals surface area contributed by atoms with Crippen molar-refractivity contribution in [3.05, 3.63) is 12.2 Å². The summed E-state index contributed by atoms with van der Waals surface area (Å²) in [5.74, 6) is -0.840. The number of ether oxygens (including phenoxy) is 1. The third-order valence-electron chi connectivity index (χ3n) is 1.13. The molecule has 0 amide bonds. The summed E-state index contributed by atoms with van der Waals surface area (Å²) in [6.07, 6.45) is 0.130. The van der Waals surface area contributed by atoms with Gasteiger partial charge in [0.2, 0.25) is 18.1 Å². The van der Waals surface area contributed by atoms with Crippen LogP contribution in [0.4, 0.5) is 4.39 Å². The van der Waals surface area contributed by atoms with E-state index in [1.807, 2.05) is 0 Å². The first-order valence-corrected chi connectivity index (χ1v) is 4.43. The van der Waals surface area contributed by atoms with Crippen LogP contribution in [-0.4, -0.2) is 28.1 Å². The third-order valence-corrected chi connectivity index (χ3v) is 1.58. The number of carbonyl (C=O) groups is 1. The summed E-state index contributed by atoms with van der Waals surface area (Å²) in [6.45, 7) is 2.21. The SMILES string of the molecule is C=C(CCNS(=O)O)C(=O)OCF. The van der Waals surface area contributed by atoms with Gasteiger partial charge in [-0.05, 0) is 6.42 Å². The molecule has 0 aliphatic carbocycles. The Morgan fingerprint density at radius 3 is 2.77 bits per heavy atom. The van der Waals surface area contributed by atoms with Crippen LogP contribution >= 0.6 is 0 Å². The van der Waals surface area contributed by atoms with Crippen molar-refractivity contribution in [1.29, 1.82) is 0 Å². The molecule has 0 aliphatic rings. The Morgan fingerprint density at radius 1 is 1.69 bits per heavy atom. The number of halogens is 1. The van der Waals surface area contributed by atoms with E-state index in [9.17, 15) is 13.4 Å². The molecule has 5 nitrogen and oxygen atoms in total. The molecule has 0 aliphatic heterocycles. The molecule has 7 heteroatoms. The predicted molar refractivity (Wildman–Crippen MR) is 44.6 cm³/mol. The largest absolute Gasteiger partial charge is 0.430 e. The maximum Gasteiger partial charge on any atom is 0.335 e. The summed E-state index contributed by atoms with van der Waals surface area (Å²) in [4.78, 5) is 10.7. The maximum atomic E-state index is 11.5. The van der Waals surface area contributed by atoms with E-state index < -0.39 is 24.1 Å². The van der Waals surface area contributed by atoms with Gasteiger partial charge >= 0.3 is 5.97 Å². The molecule has 76 valence electrons. The van der Waals surface area contributed by atoms with E-state index in [4.69, 9.17) is 4.55 Å². The van der Waals surface area contributed by atoms with Crippen molar-refractivity contribution >= 4 is 17.2 Å². The molecule has 0 saturated carbocycles. The number of carbonyl (C=O) groups excluding carboxylic acids is 1. The van der Waals surface area contributed by atoms with Gasteiger partial charge in [0.1, 0.15) is 0 Å². The van der Waals surface area contributed by atoms with Crippen molar-refractivity contribution in [1.82, 2.24) is 4.72 Å². The van der Waals surface area contributed by atoms with Crippen molar-refractivity contribution < 1.29 is 22.7 Å². The smallest absolute Gasteiger partial charge is 0.335 e. The van der Waals surface area contributed by atoms with E-state index in [2.05, 4.69) is 16.0 Å². The van der Waals surface area contributed by atoms with Crippen molar-refractivity contribution in [2.24, 2.45) is 0 Å². The van der Waals surface area contributed by atoms with Crippen LogP contribution < -0.4 is 4.72 Å². The Bertz CT molecular complexity index is 221. The maximum absolute atomic E-state index is 11.5. The lowest BCUT2D eigenvalue weighted by atomic mass is 10.2. The Balaban J connectivity index is 3.62. The molecule has 0 aromatic heterocycles. The molecular formula is C6H10FNO4S. The molecule has 0 heterocycles. The fourth-order valence-corrected chi connectivity index (χ4v) is 0.820. The van der Waals surface area contributed by atoms with Gasteiger partial charge in [0.15, 0.2) is 0 Å². The van der Waals surface area contributed by atoms with Crippen LogP contribution in [0.3, 0.4) is 0 Å². The number of alkyl halides is 1. The molecule has 0 bridgehead atoms. The van der Waals surface area contributed by atoms with Crippen LogP contribution in [0.15, 0.2) is 12.2 Å². The van der Waals surface area contributed by atoms with Gasteiger partial charge < -0.3 is 4.74 Å². The summed E-state index contributed by atoms with van der Waals surface area (Å²) in [5, 5.41) is 0. The van der Waals surface area contributed by atoms with E-state index >= 15 is 0 Å². The minimum Gasteiger partial charge on any atom is -0.430 e. The highest BCUT2D eigenvalue weighted by Crippen LogP contribution is 1.99. The van der Waals surface area contributed by atoms with Crippen LogP contribution in [0, 0.1) is 0 Å². The van der Waals surface area contributed by atoms with Crippen molar-refractivity contribution in [2.75, 3.05) is 13.4 Å². The number of hydrogen-bond donors (Lipinski definition) is 2. The molecule has 1 atom stereocenters. The fraction of sp³-hybridized carbons (Fsp3) is 0.500. The highest BCUT2D eigenvalue weighted by atomic mass is 32.2. The molecule has 2 N–H and O–H groups in total. The summed E-state index contributed by atoms with van der Waals surface area (Å²) < 4.78 is 35.9. The number of hydrogen-bond acceptors (Lipinski definition) is 3. The monoisotopic (exact) mass is 211 g/mol. The molecule has 0 aromatic rings. The van der Waals surface area contributed by atoms with Crippen LogP contribution in [0.1, 0.15) is 6.42 Å². The van der Waals surface area contributed by atoms with Gasteiger partial charge in [-0.3, -0.25) is 4.55 Å². The van der Waals surface area contributed by atoms with Crippen molar-refractivity contribution in [3.63, 3.8) is 0 Å². The summed E-state index contributed by atoms with van der Waals surface area (Å²) in [5.41, 5.74) is 0.0515. The third kappa shape index (κ3) is 6.38. The second-order valence-electron chi connectivity index (χ2n) is 2.04. The molecule has 0 aromatic carbocycles. The number of rotatable bonds is 6. The average Bonchev–Trinajstić information content (AvgIpc) is 2.04. The minimum atomic E-state index is -2.12. The van der Waals surface area contributed by atoms with Gasteiger partial charge in [0, 0.05) is 12.1 Å². The summed E-state index contributed by atoms with van der Waals surface area (Å²) in [7, 11) is 0. The van der Waals surface area contributed by atoms with E-state index in [0.29, 0.717) is 0 Å². The van der Waals surface area contributed by atoms with Crippen LogP contribution in [-0.2, 0) is 20.8 Å². The number of esters is 1. The van der Waals surface area contributed by atoms with Gasteiger partial charge in [-0.2, -0.15) is 0 Å². The molecule has 13 heavy (non-hydrogen) atoms. The first-order valence-electron chi connectivity index (χ1n) is 3.33. The minimum absolute atomic E-state index is 0.0515. The second-order valence-corrected chi connectivity index (χ2v) is 2.82. The highest BCUT2D eigenvalue weighted by molar-refractivity contribution is 7.77. The highest BCUT2D eigenvalue weighted by Gasteiger charge is 2.07. The van der Waals surface area contributed by atoms with E-state index in [-0.39, 0.29) is 18.5 Å². The first-order chi connectivity index (χ1) is 6.07. The van der Waals surface area contributed by atoms with Gasteiger partial charge in [0.05, 0.1) is 0 Å². The molecule has 0 radical (unpaired) electrons. The van der Waals surface area contributed by atoms with Crippen LogP contribution in [0.2, 0.25) is 0 Å². The Labute approximate surface area is 77.4 Å². The molecule has 0 rings (SSSR count). The molecule has 1 unspecified atom stereocenters. The topological polar surface area (TPSA) is 75.6 Å². The first kappa shape index (κ1) is 12.2. The fourth-order valence-electron chi connectivity index (χ4n) is 0.543. The van der Waals surface area contributed by atoms with Gasteiger partial charge in [0.25, 0.3) is 0 Å². The second kappa shape index (κ2) is 6.70. The van der Waals surface area contributed by atoms with Crippen LogP contribution in [0.5, 0.6) is 0 Å². The van der Waals surface area contributed by atoms with E-state index in [1.54, 1.807) is 0 Å². The molecule has 0 spiro atoms. The summed E-state index contributed by atoms with van der Waals surface area (Å²) >= 11 is -2.12. The van der Waals surface area contributed by atoms with Gasteiger partial charge in [-0.1, -0.05) is 6.58 Å². The van der Waals surface area contributed by atoms with Gasteiger partial charge in [-0.15, -0.1) is 0 Å². The zero-order chi connectivity index (χ0) is 10.3. The van der Waals surface area contributed by atoms with E-state index in [1.165, 1.54) is 0 Å². The average molecular weight is 211 g/mol. The summed E-state index contributed by atoms with van der Waals surface area (Å²) in [6, 6.07) is 0. The van der Waals surface area contributed by atoms with Crippen molar-refractivity contribution in [3.8, 4) is 0 Å². The Hall–Kier alpha value is -0.790. The van der Waals surface area contributed by atoms with E-state index in [0.717, 1.165) is 0 Å². The Morgan fingerprint density at radius 2 is 2.31 bits per heavy atom. The number of nitrogens with one attached hydrogen (secondary N) is 1. The zero-order valence-electron chi connectivity index (χ0n) is 6.79. The molecule has 0 saturated heterocycles. The Kier molecular flexibility index (Phi) is 6.29. The zero-order valence-corrected chi connectivity index (χ0v) is 7.60. The quantitative estimate of drug-likeness (QED) is 0.372. The molecule has 0 fully saturated rings. The lowest BCUT2D eigenvalue weighted by molar-refractivity contribution is -0.143. The predicted octanol–water partition coefficient (Wildman–Crippen LogP) is 0.129. The van der Waals surface area contributed by atoms with Crippen molar-refractivity contribution in [2.45, 2.75) is 6.42 Å². The standard InChI is InChI=1S/C6H10FNO4S/c1-5(6(9)12-4-7)2-3-8-13(10)11/h8H,1-4H2,(H,10,11).